The molecule has 1 aliphatic rings. The molecule has 3 rings (SSSR count). The second-order valence-electron chi connectivity index (χ2n) is 6.58. The Balaban J connectivity index is 1.65. The topological polar surface area (TPSA) is 105 Å². The Hall–Kier alpha value is -2.94. The maximum Gasteiger partial charge on any atom is 0.256 e. The summed E-state index contributed by atoms with van der Waals surface area (Å²) in [5.41, 5.74) is 5.86. The van der Waals surface area contributed by atoms with Crippen LogP contribution >= 0.6 is 0 Å². The van der Waals surface area contributed by atoms with Crippen molar-refractivity contribution in [1.29, 1.82) is 0 Å². The maximum absolute atomic E-state index is 14.2. The molecule has 0 saturated carbocycles. The summed E-state index contributed by atoms with van der Waals surface area (Å²) >= 11 is 0. The number of methoxy groups -OCH3 is 1. The number of amides is 1. The molecule has 0 aliphatic carbocycles. The van der Waals surface area contributed by atoms with E-state index < -0.39 is 5.82 Å². The van der Waals surface area contributed by atoms with Crippen LogP contribution < -0.4 is 16.0 Å². The average molecular weight is 375 g/mol. The molecular weight excluding hydrogens is 353 g/mol. The van der Waals surface area contributed by atoms with Crippen LogP contribution in [0.4, 0.5) is 10.3 Å². The van der Waals surface area contributed by atoms with E-state index in [0.29, 0.717) is 31.1 Å². The maximum atomic E-state index is 14.2. The highest BCUT2D eigenvalue weighted by atomic mass is 19.1. The van der Waals surface area contributed by atoms with Crippen LogP contribution in [0.2, 0.25) is 0 Å². The number of halogens is 1. The Morgan fingerprint density at radius 1 is 1.48 bits per heavy atom. The third-order valence-corrected chi connectivity index (χ3v) is 4.71. The van der Waals surface area contributed by atoms with E-state index in [0.717, 1.165) is 6.42 Å². The van der Waals surface area contributed by atoms with E-state index >= 15 is 0 Å². The Bertz CT molecular complexity index is 901. The van der Waals surface area contributed by atoms with Gasteiger partial charge in [-0.1, -0.05) is 0 Å². The lowest BCUT2D eigenvalue weighted by atomic mass is 10.1. The molecule has 0 unspecified atom stereocenters. The summed E-state index contributed by atoms with van der Waals surface area (Å²) in [6.45, 7) is 1.43. The number of nitrogens with zero attached hydrogens (tertiary/aromatic N) is 3. The SMILES string of the molecule is COc1ccc(C(=O)N2CC[C@H](N(C)Cc3cc(=O)[nH]c(N)n3)C2)c(F)c1. The van der Waals surface area contributed by atoms with Crippen molar-refractivity contribution in [2.75, 3.05) is 33.0 Å². The van der Waals surface area contributed by atoms with Gasteiger partial charge in [-0.05, 0) is 25.6 Å². The molecule has 1 fully saturated rings. The minimum atomic E-state index is -0.598. The molecule has 1 atom stereocenters. The van der Waals surface area contributed by atoms with E-state index in [2.05, 4.69) is 9.97 Å². The highest BCUT2D eigenvalue weighted by Crippen LogP contribution is 2.22. The fourth-order valence-corrected chi connectivity index (χ4v) is 3.25. The normalized spacial score (nSPS) is 16.7. The molecule has 2 heterocycles. The second kappa shape index (κ2) is 7.75. The number of likely N-dealkylation sites (tertiary alicyclic amines) is 1. The number of benzene rings is 1. The first-order chi connectivity index (χ1) is 12.9. The van der Waals surface area contributed by atoms with Crippen LogP contribution in [0.5, 0.6) is 5.75 Å². The number of ether oxygens (including phenoxy) is 1. The molecule has 0 bridgehead atoms. The van der Waals surface area contributed by atoms with Crippen LogP contribution in [0.3, 0.4) is 0 Å². The quantitative estimate of drug-likeness (QED) is 0.803. The summed E-state index contributed by atoms with van der Waals surface area (Å²) in [4.78, 5) is 34.3. The van der Waals surface area contributed by atoms with Gasteiger partial charge in [-0.25, -0.2) is 9.37 Å². The van der Waals surface area contributed by atoms with Gasteiger partial charge in [0.05, 0.1) is 18.4 Å². The first-order valence-corrected chi connectivity index (χ1v) is 8.56. The first-order valence-electron chi connectivity index (χ1n) is 8.56. The molecule has 1 amide bonds. The molecule has 27 heavy (non-hydrogen) atoms. The molecule has 3 N–H and O–H groups in total. The molecule has 0 spiro atoms. The number of rotatable bonds is 5. The molecule has 0 radical (unpaired) electrons. The number of aromatic amines is 1. The Kier molecular flexibility index (Phi) is 5.41. The minimum Gasteiger partial charge on any atom is -0.497 e. The monoisotopic (exact) mass is 375 g/mol. The summed E-state index contributed by atoms with van der Waals surface area (Å²) in [5, 5.41) is 0. The van der Waals surface area contributed by atoms with Crippen molar-refractivity contribution in [1.82, 2.24) is 19.8 Å². The van der Waals surface area contributed by atoms with Gasteiger partial charge in [-0.2, -0.15) is 0 Å². The van der Waals surface area contributed by atoms with Crippen molar-refractivity contribution in [3.8, 4) is 5.75 Å². The summed E-state index contributed by atoms with van der Waals surface area (Å²) in [6.07, 6.45) is 0.749. The van der Waals surface area contributed by atoms with E-state index in [1.165, 1.54) is 25.3 Å². The van der Waals surface area contributed by atoms with Gasteiger partial charge in [0.25, 0.3) is 11.5 Å². The van der Waals surface area contributed by atoms with Crippen molar-refractivity contribution in [2.24, 2.45) is 0 Å². The average Bonchev–Trinajstić information content (AvgIpc) is 3.10. The predicted octanol–water partition coefficient (Wildman–Crippen LogP) is 0.846. The minimum absolute atomic E-state index is 0.0307. The zero-order chi connectivity index (χ0) is 19.6. The summed E-state index contributed by atoms with van der Waals surface area (Å²) < 4.78 is 19.1. The predicted molar refractivity (Wildman–Crippen MR) is 98.0 cm³/mol. The van der Waals surface area contributed by atoms with Crippen molar-refractivity contribution in [2.45, 2.75) is 19.0 Å². The molecule has 1 saturated heterocycles. The van der Waals surface area contributed by atoms with Crippen LogP contribution in [-0.4, -0.2) is 59.0 Å². The van der Waals surface area contributed by atoms with Gasteiger partial charge in [0.15, 0.2) is 0 Å². The van der Waals surface area contributed by atoms with E-state index in [4.69, 9.17) is 10.5 Å². The number of hydrogen-bond acceptors (Lipinski definition) is 6. The largest absolute Gasteiger partial charge is 0.497 e. The number of aromatic nitrogens is 2. The zero-order valence-corrected chi connectivity index (χ0v) is 15.2. The van der Waals surface area contributed by atoms with Crippen molar-refractivity contribution >= 4 is 11.9 Å². The lowest BCUT2D eigenvalue weighted by Gasteiger charge is -2.24. The number of H-pyrrole nitrogens is 1. The van der Waals surface area contributed by atoms with Crippen molar-refractivity contribution in [3.63, 3.8) is 0 Å². The lowest BCUT2D eigenvalue weighted by Crippen LogP contribution is -2.36. The number of carbonyl (C=O) groups excluding carboxylic acids is 1. The molecular formula is C18H22FN5O3. The van der Waals surface area contributed by atoms with Gasteiger partial charge in [-0.3, -0.25) is 19.5 Å². The standard InChI is InChI=1S/C18H22FN5O3/c1-23(9-11-7-16(25)22-18(20)21-11)12-5-6-24(10-12)17(26)14-4-3-13(27-2)8-15(14)19/h3-4,7-8,12H,5-6,9-10H2,1-2H3,(H3,20,21,22,25)/t12-/m0/s1. The molecule has 1 aliphatic heterocycles. The second-order valence-corrected chi connectivity index (χ2v) is 6.58. The number of hydrogen-bond donors (Lipinski definition) is 2. The van der Waals surface area contributed by atoms with Crippen LogP contribution in [0.1, 0.15) is 22.5 Å². The third kappa shape index (κ3) is 4.25. The molecule has 144 valence electrons. The van der Waals surface area contributed by atoms with Crippen LogP contribution in [0.15, 0.2) is 29.1 Å². The highest BCUT2D eigenvalue weighted by Gasteiger charge is 2.30. The lowest BCUT2D eigenvalue weighted by molar-refractivity contribution is 0.0775. The summed E-state index contributed by atoms with van der Waals surface area (Å²) in [5.74, 6) is -0.499. The molecule has 1 aromatic heterocycles. The smallest absolute Gasteiger partial charge is 0.256 e. The number of nitrogens with one attached hydrogen (secondary N) is 1. The number of anilines is 1. The van der Waals surface area contributed by atoms with Gasteiger partial charge in [0.2, 0.25) is 5.95 Å². The molecule has 2 aromatic rings. The molecule has 1 aromatic carbocycles. The first kappa shape index (κ1) is 18.8. The van der Waals surface area contributed by atoms with Gasteiger partial charge in [0, 0.05) is 37.8 Å². The number of nitrogens with two attached hydrogens (primary N) is 1. The Morgan fingerprint density at radius 2 is 2.26 bits per heavy atom. The van der Waals surface area contributed by atoms with Gasteiger partial charge < -0.3 is 15.4 Å². The summed E-state index contributed by atoms with van der Waals surface area (Å²) in [7, 11) is 3.34. The van der Waals surface area contributed by atoms with Gasteiger partial charge in [-0.15, -0.1) is 0 Å². The van der Waals surface area contributed by atoms with Crippen LogP contribution in [0, 0.1) is 5.82 Å². The van der Waals surface area contributed by atoms with E-state index in [9.17, 15) is 14.0 Å². The fraction of sp³-hybridized carbons (Fsp3) is 0.389. The van der Waals surface area contributed by atoms with Gasteiger partial charge >= 0.3 is 0 Å². The fourth-order valence-electron chi connectivity index (χ4n) is 3.25. The number of carbonyl (C=O) groups is 1. The van der Waals surface area contributed by atoms with E-state index in [-0.39, 0.29) is 29.0 Å². The van der Waals surface area contributed by atoms with Crippen LogP contribution in [-0.2, 0) is 6.54 Å². The highest BCUT2D eigenvalue weighted by molar-refractivity contribution is 5.94. The molecule has 8 nitrogen and oxygen atoms in total. The number of nitrogen functional groups attached to an aromatic ring is 1. The third-order valence-electron chi connectivity index (χ3n) is 4.71. The molecule has 9 heteroatoms. The summed E-state index contributed by atoms with van der Waals surface area (Å²) in [6, 6.07) is 5.70. The van der Waals surface area contributed by atoms with Crippen molar-refractivity contribution < 1.29 is 13.9 Å². The Morgan fingerprint density at radius 3 is 2.93 bits per heavy atom. The zero-order valence-electron chi connectivity index (χ0n) is 15.2. The van der Waals surface area contributed by atoms with Crippen LogP contribution in [0.25, 0.3) is 0 Å². The van der Waals surface area contributed by atoms with E-state index in [1.54, 1.807) is 11.0 Å². The Labute approximate surface area is 155 Å². The van der Waals surface area contributed by atoms with E-state index in [1.807, 2.05) is 11.9 Å². The van der Waals surface area contributed by atoms with Gasteiger partial charge in [0.1, 0.15) is 11.6 Å². The number of likely N-dealkylation sites (N-methyl/N-ethyl adjacent to an activating group) is 1. The van der Waals surface area contributed by atoms with Crippen molar-refractivity contribution in [3.05, 3.63) is 51.7 Å².